The van der Waals surface area contributed by atoms with Crippen molar-refractivity contribution < 1.29 is 14.6 Å². The number of hydrogen-bond donors (Lipinski definition) is 1. The van der Waals surface area contributed by atoms with Crippen molar-refractivity contribution in [3.8, 4) is 0 Å². The molecule has 1 fully saturated rings. The van der Waals surface area contributed by atoms with Gasteiger partial charge in [-0.25, -0.2) is 0 Å². The molecule has 0 aliphatic heterocycles. The van der Waals surface area contributed by atoms with Crippen molar-refractivity contribution in [3.63, 3.8) is 0 Å². The molecule has 0 amide bonds. The third-order valence-corrected chi connectivity index (χ3v) is 3.56. The molecule has 0 spiro atoms. The molecule has 0 unspecified atom stereocenters. The minimum absolute atomic E-state index is 0.182. The van der Waals surface area contributed by atoms with Crippen LogP contribution in [-0.4, -0.2) is 17.2 Å². The Morgan fingerprint density at radius 1 is 1.00 bits per heavy atom. The van der Waals surface area contributed by atoms with Crippen molar-refractivity contribution in [2.75, 3.05) is 0 Å². The van der Waals surface area contributed by atoms with Crippen LogP contribution in [0.15, 0.2) is 60.7 Å². The zero-order chi connectivity index (χ0) is 13.9. The van der Waals surface area contributed by atoms with Gasteiger partial charge in [-0.1, -0.05) is 60.7 Å². The largest absolute Gasteiger partial charge is 0.481 e. The minimum Gasteiger partial charge on any atom is -0.481 e. The Morgan fingerprint density at radius 3 is 1.90 bits per heavy atom. The predicted octanol–water partition coefficient (Wildman–Crippen LogP) is 3.27. The van der Waals surface area contributed by atoms with E-state index in [1.54, 1.807) is 0 Å². The maximum atomic E-state index is 10.9. The van der Waals surface area contributed by atoms with Crippen LogP contribution in [0.5, 0.6) is 0 Å². The van der Waals surface area contributed by atoms with E-state index < -0.39 is 5.97 Å². The molecular weight excluding hydrogens is 252 g/mol. The second-order valence-electron chi connectivity index (χ2n) is 5.06. The molecule has 0 bridgehead atoms. The molecule has 102 valence electrons. The summed E-state index contributed by atoms with van der Waals surface area (Å²) in [6.45, 7) is 0. The van der Waals surface area contributed by atoms with E-state index in [-0.39, 0.29) is 18.1 Å². The smallest absolute Gasteiger partial charge is 0.309 e. The third-order valence-electron chi connectivity index (χ3n) is 3.56. The van der Waals surface area contributed by atoms with Gasteiger partial charge in [0.2, 0.25) is 0 Å². The number of aliphatic carboxylic acids is 1. The molecule has 0 aromatic heterocycles. The highest BCUT2D eigenvalue weighted by Gasteiger charge is 2.46. The van der Waals surface area contributed by atoms with Crippen molar-refractivity contribution in [1.29, 1.82) is 0 Å². The zero-order valence-electron chi connectivity index (χ0n) is 11.0. The molecule has 3 nitrogen and oxygen atoms in total. The quantitative estimate of drug-likeness (QED) is 0.905. The first-order valence-corrected chi connectivity index (χ1v) is 6.74. The third kappa shape index (κ3) is 2.73. The molecule has 2 aromatic rings. The van der Waals surface area contributed by atoms with Crippen LogP contribution in [0, 0.1) is 5.92 Å². The number of carbonyl (C=O) groups is 1. The summed E-state index contributed by atoms with van der Waals surface area (Å²) in [5, 5.41) is 9.00. The first kappa shape index (κ1) is 12.9. The normalized spacial score (nSPS) is 20.9. The highest BCUT2D eigenvalue weighted by Crippen LogP contribution is 2.39. The van der Waals surface area contributed by atoms with Gasteiger partial charge in [-0.05, 0) is 17.5 Å². The highest BCUT2D eigenvalue weighted by atomic mass is 16.5. The fraction of sp³-hybridized carbons (Fsp3) is 0.235. The summed E-state index contributed by atoms with van der Waals surface area (Å²) in [7, 11) is 0. The van der Waals surface area contributed by atoms with Crippen LogP contribution in [0.1, 0.15) is 23.7 Å². The number of hydrogen-bond acceptors (Lipinski definition) is 2. The first-order valence-electron chi connectivity index (χ1n) is 6.74. The van der Waals surface area contributed by atoms with Crippen LogP contribution >= 0.6 is 0 Å². The van der Waals surface area contributed by atoms with Crippen LogP contribution in [0.25, 0.3) is 0 Å². The fourth-order valence-corrected chi connectivity index (χ4v) is 2.36. The van der Waals surface area contributed by atoms with Gasteiger partial charge < -0.3 is 9.84 Å². The Bertz CT molecular complexity index is 540. The number of carboxylic acid groups (broad SMARTS) is 1. The van der Waals surface area contributed by atoms with E-state index >= 15 is 0 Å². The Labute approximate surface area is 117 Å². The molecule has 3 rings (SSSR count). The van der Waals surface area contributed by atoms with E-state index in [2.05, 4.69) is 0 Å². The first-order chi connectivity index (χ1) is 9.75. The Hall–Kier alpha value is -2.13. The fourth-order valence-electron chi connectivity index (χ4n) is 2.36. The molecule has 2 atom stereocenters. The Morgan fingerprint density at radius 2 is 1.50 bits per heavy atom. The van der Waals surface area contributed by atoms with E-state index in [9.17, 15) is 4.79 Å². The Kier molecular flexibility index (Phi) is 3.52. The summed E-state index contributed by atoms with van der Waals surface area (Å²) in [6.07, 6.45) is 0.218. The number of carboxylic acids is 1. The number of ether oxygens (including phenoxy) is 1. The van der Waals surface area contributed by atoms with Crippen LogP contribution < -0.4 is 0 Å². The van der Waals surface area contributed by atoms with E-state index in [4.69, 9.17) is 9.84 Å². The molecule has 1 N–H and O–H groups in total. The van der Waals surface area contributed by atoms with Gasteiger partial charge in [-0.15, -0.1) is 0 Å². The van der Waals surface area contributed by atoms with Crippen LogP contribution in [0.3, 0.4) is 0 Å². The maximum absolute atomic E-state index is 10.9. The number of benzene rings is 2. The zero-order valence-corrected chi connectivity index (χ0v) is 11.0. The molecule has 0 saturated heterocycles. The molecule has 20 heavy (non-hydrogen) atoms. The minimum atomic E-state index is -0.769. The van der Waals surface area contributed by atoms with Crippen LogP contribution in [-0.2, 0) is 9.53 Å². The Balaban J connectivity index is 1.84. The average molecular weight is 268 g/mol. The second-order valence-corrected chi connectivity index (χ2v) is 5.06. The van der Waals surface area contributed by atoms with Crippen LogP contribution in [0.2, 0.25) is 0 Å². The summed E-state index contributed by atoms with van der Waals surface area (Å²) >= 11 is 0. The molecule has 1 aliphatic rings. The van der Waals surface area contributed by atoms with Crippen molar-refractivity contribution in [3.05, 3.63) is 71.8 Å². The summed E-state index contributed by atoms with van der Waals surface area (Å²) in [6, 6.07) is 19.8. The van der Waals surface area contributed by atoms with Gasteiger partial charge in [0.25, 0.3) is 0 Å². The number of rotatable bonds is 5. The van der Waals surface area contributed by atoms with Gasteiger partial charge in [0.05, 0.1) is 12.0 Å². The molecule has 1 aliphatic carbocycles. The van der Waals surface area contributed by atoms with Crippen LogP contribution in [0.4, 0.5) is 0 Å². The van der Waals surface area contributed by atoms with Gasteiger partial charge in [-0.3, -0.25) is 4.79 Å². The van der Waals surface area contributed by atoms with Crippen molar-refractivity contribution in [1.82, 2.24) is 0 Å². The molecule has 0 radical (unpaired) electrons. The summed E-state index contributed by atoms with van der Waals surface area (Å²) < 4.78 is 6.03. The van der Waals surface area contributed by atoms with E-state index in [1.807, 2.05) is 60.7 Å². The van der Waals surface area contributed by atoms with Gasteiger partial charge >= 0.3 is 5.97 Å². The topological polar surface area (TPSA) is 46.5 Å². The molecule has 0 heterocycles. The predicted molar refractivity (Wildman–Crippen MR) is 75.3 cm³/mol. The van der Waals surface area contributed by atoms with Gasteiger partial charge in [0.1, 0.15) is 6.10 Å². The summed E-state index contributed by atoms with van der Waals surface area (Å²) in [5.74, 6) is -1.13. The molecule has 3 heteroatoms. The van der Waals surface area contributed by atoms with Gasteiger partial charge in [0.15, 0.2) is 0 Å². The average Bonchev–Trinajstić information content (AvgIpc) is 3.26. The lowest BCUT2D eigenvalue weighted by Gasteiger charge is -2.19. The molecule has 2 aromatic carbocycles. The lowest BCUT2D eigenvalue weighted by Crippen LogP contribution is -2.11. The van der Waals surface area contributed by atoms with E-state index in [1.165, 1.54) is 0 Å². The van der Waals surface area contributed by atoms with Crippen molar-refractivity contribution in [2.45, 2.75) is 18.6 Å². The van der Waals surface area contributed by atoms with Gasteiger partial charge in [0, 0.05) is 0 Å². The van der Waals surface area contributed by atoms with E-state index in [0.29, 0.717) is 6.42 Å². The standard InChI is InChI=1S/C17H16O3/c18-17(19)14-11-15(14)20-16(12-7-3-1-4-8-12)13-9-5-2-6-10-13/h1-10,14-16H,11H2,(H,18,19)/t14-,15-/m1/s1. The lowest BCUT2D eigenvalue weighted by atomic mass is 10.0. The monoisotopic (exact) mass is 268 g/mol. The van der Waals surface area contributed by atoms with Gasteiger partial charge in [-0.2, -0.15) is 0 Å². The maximum Gasteiger partial charge on any atom is 0.309 e. The second kappa shape index (κ2) is 5.47. The molecular formula is C17H16O3. The summed E-state index contributed by atoms with van der Waals surface area (Å²) in [5.41, 5.74) is 2.10. The highest BCUT2D eigenvalue weighted by molar-refractivity contribution is 5.74. The van der Waals surface area contributed by atoms with E-state index in [0.717, 1.165) is 11.1 Å². The van der Waals surface area contributed by atoms with Crippen molar-refractivity contribution >= 4 is 5.97 Å². The summed E-state index contributed by atoms with van der Waals surface area (Å²) in [4.78, 5) is 10.9. The lowest BCUT2D eigenvalue weighted by molar-refractivity contribution is -0.139. The SMILES string of the molecule is O=C(O)[C@@H]1C[C@H]1OC(c1ccccc1)c1ccccc1. The van der Waals surface area contributed by atoms with Crippen molar-refractivity contribution in [2.24, 2.45) is 5.92 Å². The molecule has 1 saturated carbocycles.